The Morgan fingerprint density at radius 1 is 1.04 bits per heavy atom. The minimum atomic E-state index is 0.0461. The summed E-state index contributed by atoms with van der Waals surface area (Å²) >= 11 is 0. The van der Waals surface area contributed by atoms with E-state index in [4.69, 9.17) is 15.2 Å². The molecule has 0 fully saturated rings. The summed E-state index contributed by atoms with van der Waals surface area (Å²) < 4.78 is 11.2. The van der Waals surface area contributed by atoms with Crippen LogP contribution in [0.25, 0.3) is 0 Å². The maximum absolute atomic E-state index is 13.2. The lowest BCUT2D eigenvalue weighted by atomic mass is 10.00. The van der Waals surface area contributed by atoms with Crippen LogP contribution in [-0.4, -0.2) is 36.6 Å². The molecule has 1 aliphatic rings. The fourth-order valence-corrected chi connectivity index (χ4v) is 3.67. The first-order chi connectivity index (χ1) is 13.7. The molecule has 0 saturated heterocycles. The molecule has 1 aliphatic heterocycles. The van der Waals surface area contributed by atoms with E-state index in [-0.39, 0.29) is 11.9 Å². The molecule has 0 bridgehead atoms. The molecular weight excluding hydrogens is 352 g/mol. The monoisotopic (exact) mass is 382 g/mol. The number of carbonyl (C=O) groups is 1. The van der Waals surface area contributed by atoms with Crippen molar-refractivity contribution in [3.63, 3.8) is 0 Å². The Morgan fingerprint density at radius 2 is 1.71 bits per heavy atom. The molecule has 28 heavy (non-hydrogen) atoms. The first kappa shape index (κ1) is 20.2. The topological polar surface area (TPSA) is 64.8 Å². The van der Waals surface area contributed by atoms with E-state index in [1.807, 2.05) is 24.0 Å². The fraction of sp³-hybridized carbons (Fsp3) is 0.435. The summed E-state index contributed by atoms with van der Waals surface area (Å²) in [5.74, 6) is 1.41. The molecule has 3 rings (SSSR count). The van der Waals surface area contributed by atoms with Gasteiger partial charge in [0.1, 0.15) is 13.2 Å². The molecule has 0 aliphatic carbocycles. The van der Waals surface area contributed by atoms with Crippen molar-refractivity contribution in [2.24, 2.45) is 5.73 Å². The zero-order valence-electron chi connectivity index (χ0n) is 16.8. The van der Waals surface area contributed by atoms with Crippen LogP contribution < -0.4 is 15.2 Å². The van der Waals surface area contributed by atoms with Crippen molar-refractivity contribution in [2.45, 2.75) is 45.7 Å². The summed E-state index contributed by atoms with van der Waals surface area (Å²) in [6.45, 7) is 6.48. The van der Waals surface area contributed by atoms with Gasteiger partial charge in [-0.1, -0.05) is 31.2 Å². The van der Waals surface area contributed by atoms with Crippen LogP contribution in [-0.2, 0) is 13.0 Å². The van der Waals surface area contributed by atoms with E-state index in [1.54, 1.807) is 6.07 Å². The maximum Gasteiger partial charge on any atom is 0.254 e. The Balaban J connectivity index is 1.69. The summed E-state index contributed by atoms with van der Waals surface area (Å²) in [5.41, 5.74) is 8.74. The molecule has 0 aromatic heterocycles. The number of carbonyl (C=O) groups excluding carboxylic acids is 1. The van der Waals surface area contributed by atoms with E-state index in [1.165, 1.54) is 5.56 Å². The highest BCUT2D eigenvalue weighted by Gasteiger charge is 2.24. The van der Waals surface area contributed by atoms with Crippen molar-refractivity contribution >= 4 is 5.91 Å². The molecule has 1 unspecified atom stereocenters. The summed E-state index contributed by atoms with van der Waals surface area (Å²) in [6.07, 6.45) is 2.79. The molecule has 5 heteroatoms. The van der Waals surface area contributed by atoms with Gasteiger partial charge in [0, 0.05) is 24.7 Å². The van der Waals surface area contributed by atoms with Gasteiger partial charge in [-0.3, -0.25) is 4.79 Å². The number of hydrogen-bond donors (Lipinski definition) is 1. The molecule has 1 atom stereocenters. The van der Waals surface area contributed by atoms with Gasteiger partial charge in [0.15, 0.2) is 11.5 Å². The Kier molecular flexibility index (Phi) is 6.93. The highest BCUT2D eigenvalue weighted by atomic mass is 16.6. The van der Waals surface area contributed by atoms with Gasteiger partial charge in [-0.25, -0.2) is 0 Å². The van der Waals surface area contributed by atoms with Crippen LogP contribution in [0.4, 0.5) is 0 Å². The predicted molar refractivity (Wildman–Crippen MR) is 111 cm³/mol. The van der Waals surface area contributed by atoms with Crippen LogP contribution in [0.3, 0.4) is 0 Å². The third-order valence-corrected chi connectivity index (χ3v) is 5.33. The van der Waals surface area contributed by atoms with E-state index in [2.05, 4.69) is 31.2 Å². The van der Waals surface area contributed by atoms with Crippen molar-refractivity contribution in [1.29, 1.82) is 0 Å². The second kappa shape index (κ2) is 9.60. The standard InChI is InChI=1S/C23H30N2O3/c1-3-20(11-9-17-5-7-18(16-24)8-6-17)25(4-2)23(26)19-10-12-21-22(15-19)28-14-13-27-21/h5-8,10,12,15,20H,3-4,9,11,13-14,16,24H2,1-2H3. The lowest BCUT2D eigenvalue weighted by Crippen LogP contribution is -2.40. The van der Waals surface area contributed by atoms with Crippen LogP contribution >= 0.6 is 0 Å². The predicted octanol–water partition coefficient (Wildman–Crippen LogP) is 3.79. The van der Waals surface area contributed by atoms with Gasteiger partial charge in [-0.15, -0.1) is 0 Å². The number of benzene rings is 2. The molecule has 0 radical (unpaired) electrons. The van der Waals surface area contributed by atoms with Crippen molar-refractivity contribution in [3.05, 3.63) is 59.2 Å². The van der Waals surface area contributed by atoms with Gasteiger partial charge < -0.3 is 20.1 Å². The molecule has 1 heterocycles. The Morgan fingerprint density at radius 3 is 2.36 bits per heavy atom. The van der Waals surface area contributed by atoms with Gasteiger partial charge in [0.2, 0.25) is 0 Å². The molecular formula is C23H30N2O3. The van der Waals surface area contributed by atoms with E-state index >= 15 is 0 Å². The molecule has 150 valence electrons. The first-order valence-electron chi connectivity index (χ1n) is 10.1. The SMILES string of the molecule is CCC(CCc1ccc(CN)cc1)N(CC)C(=O)c1ccc2c(c1)OCCO2. The van der Waals surface area contributed by atoms with Crippen molar-refractivity contribution in [3.8, 4) is 11.5 Å². The number of hydrogen-bond acceptors (Lipinski definition) is 4. The average molecular weight is 383 g/mol. The molecule has 2 aromatic rings. The van der Waals surface area contributed by atoms with Gasteiger partial charge in [-0.2, -0.15) is 0 Å². The minimum Gasteiger partial charge on any atom is -0.486 e. The minimum absolute atomic E-state index is 0.0461. The number of amides is 1. The third kappa shape index (κ3) is 4.65. The number of rotatable bonds is 8. The number of aryl methyl sites for hydroxylation is 1. The molecule has 5 nitrogen and oxygen atoms in total. The smallest absolute Gasteiger partial charge is 0.254 e. The highest BCUT2D eigenvalue weighted by Crippen LogP contribution is 2.31. The summed E-state index contributed by atoms with van der Waals surface area (Å²) in [7, 11) is 0. The molecule has 2 aromatic carbocycles. The lowest BCUT2D eigenvalue weighted by molar-refractivity contribution is 0.0674. The summed E-state index contributed by atoms with van der Waals surface area (Å²) in [6, 6.07) is 14.1. The third-order valence-electron chi connectivity index (χ3n) is 5.33. The van der Waals surface area contributed by atoms with Gasteiger partial charge in [0.05, 0.1) is 0 Å². The van der Waals surface area contributed by atoms with Crippen LogP contribution in [0.5, 0.6) is 11.5 Å². The maximum atomic E-state index is 13.2. The highest BCUT2D eigenvalue weighted by molar-refractivity contribution is 5.95. The van der Waals surface area contributed by atoms with Gasteiger partial charge >= 0.3 is 0 Å². The van der Waals surface area contributed by atoms with Gasteiger partial charge in [0.25, 0.3) is 5.91 Å². The van der Waals surface area contributed by atoms with E-state index in [0.29, 0.717) is 43.4 Å². The first-order valence-corrected chi connectivity index (χ1v) is 10.1. The Bertz CT molecular complexity index is 789. The van der Waals surface area contributed by atoms with Crippen LogP contribution in [0, 0.1) is 0 Å². The quantitative estimate of drug-likeness (QED) is 0.754. The summed E-state index contributed by atoms with van der Waals surface area (Å²) in [5, 5.41) is 0. The number of ether oxygens (including phenoxy) is 2. The second-order valence-corrected chi connectivity index (χ2v) is 7.07. The Labute approximate surface area is 167 Å². The number of nitrogens with zero attached hydrogens (tertiary/aromatic N) is 1. The van der Waals surface area contributed by atoms with Crippen LogP contribution in [0.1, 0.15) is 48.2 Å². The van der Waals surface area contributed by atoms with Crippen molar-refractivity contribution in [1.82, 2.24) is 4.90 Å². The van der Waals surface area contributed by atoms with Crippen LogP contribution in [0.2, 0.25) is 0 Å². The fourth-order valence-electron chi connectivity index (χ4n) is 3.67. The van der Waals surface area contributed by atoms with E-state index in [0.717, 1.165) is 24.8 Å². The average Bonchev–Trinajstić information content (AvgIpc) is 2.76. The number of fused-ring (bicyclic) bond motifs is 1. The lowest BCUT2D eigenvalue weighted by Gasteiger charge is -2.31. The van der Waals surface area contributed by atoms with Crippen LogP contribution in [0.15, 0.2) is 42.5 Å². The molecule has 1 amide bonds. The van der Waals surface area contributed by atoms with Gasteiger partial charge in [-0.05, 0) is 55.5 Å². The molecule has 0 saturated carbocycles. The van der Waals surface area contributed by atoms with E-state index in [9.17, 15) is 4.79 Å². The number of nitrogens with two attached hydrogens (primary N) is 1. The van der Waals surface area contributed by atoms with Crippen molar-refractivity contribution in [2.75, 3.05) is 19.8 Å². The zero-order chi connectivity index (χ0) is 19.9. The van der Waals surface area contributed by atoms with E-state index < -0.39 is 0 Å². The normalized spacial score (nSPS) is 13.8. The summed E-state index contributed by atoms with van der Waals surface area (Å²) in [4.78, 5) is 15.1. The van der Waals surface area contributed by atoms with Crippen molar-refractivity contribution < 1.29 is 14.3 Å². The molecule has 0 spiro atoms. The second-order valence-electron chi connectivity index (χ2n) is 7.07. The zero-order valence-corrected chi connectivity index (χ0v) is 16.8. The molecule has 2 N–H and O–H groups in total. The Hall–Kier alpha value is -2.53. The largest absolute Gasteiger partial charge is 0.486 e.